The number of likely N-dealkylation sites (N-methyl/N-ethyl adjacent to an activating group) is 1. The third-order valence-electron chi connectivity index (χ3n) is 4.73. The van der Waals surface area contributed by atoms with Crippen LogP contribution in [0.3, 0.4) is 0 Å². The number of hydrogen-bond donors (Lipinski definition) is 1. The molecule has 0 spiro atoms. The van der Waals surface area contributed by atoms with Gasteiger partial charge in [-0.3, -0.25) is 14.3 Å². The lowest BCUT2D eigenvalue weighted by Gasteiger charge is -2.39. The molecule has 1 atom stereocenters. The predicted octanol–water partition coefficient (Wildman–Crippen LogP) is -1.13. The van der Waals surface area contributed by atoms with Gasteiger partial charge < -0.3 is 9.55 Å². The number of hydrogen-bond acceptors (Lipinski definition) is 6. The van der Waals surface area contributed by atoms with Gasteiger partial charge in [0.15, 0.2) is 4.90 Å². The van der Waals surface area contributed by atoms with Crippen LogP contribution in [0.4, 0.5) is 0 Å². The van der Waals surface area contributed by atoms with Gasteiger partial charge in [0.2, 0.25) is 10.0 Å². The van der Waals surface area contributed by atoms with Crippen LogP contribution in [0, 0.1) is 0 Å². The fourth-order valence-electron chi connectivity index (χ4n) is 3.20. The Labute approximate surface area is 150 Å². The molecule has 26 heavy (non-hydrogen) atoms. The van der Waals surface area contributed by atoms with Crippen LogP contribution >= 0.6 is 0 Å². The Morgan fingerprint density at radius 3 is 2.62 bits per heavy atom. The number of H-pyrrole nitrogens is 1. The monoisotopic (exact) mass is 382 g/mol. The van der Waals surface area contributed by atoms with Gasteiger partial charge in [-0.05, 0) is 6.54 Å². The topological polar surface area (TPSA) is 113 Å². The van der Waals surface area contributed by atoms with Crippen LogP contribution in [-0.2, 0) is 24.1 Å². The van der Waals surface area contributed by atoms with Crippen molar-refractivity contribution in [3.05, 3.63) is 45.3 Å². The van der Waals surface area contributed by atoms with Gasteiger partial charge in [0.1, 0.15) is 5.82 Å². The van der Waals surface area contributed by atoms with Crippen molar-refractivity contribution >= 4 is 10.0 Å². The smallest absolute Gasteiger partial charge is 0.330 e. The average molecular weight is 382 g/mol. The van der Waals surface area contributed by atoms with E-state index in [-0.39, 0.29) is 19.1 Å². The second-order valence-corrected chi connectivity index (χ2v) is 8.14. The van der Waals surface area contributed by atoms with Crippen molar-refractivity contribution in [1.29, 1.82) is 0 Å². The molecule has 1 saturated heterocycles. The van der Waals surface area contributed by atoms with E-state index in [9.17, 15) is 18.0 Å². The van der Waals surface area contributed by atoms with E-state index in [1.165, 1.54) is 18.4 Å². The molecule has 0 amide bonds. The summed E-state index contributed by atoms with van der Waals surface area (Å²) in [6.45, 7) is 3.71. The molecular weight excluding hydrogens is 360 g/mol. The molecular formula is C15H22N6O4S. The molecule has 1 fully saturated rings. The van der Waals surface area contributed by atoms with Crippen LogP contribution in [0.1, 0.15) is 18.8 Å². The Morgan fingerprint density at radius 2 is 2.00 bits per heavy atom. The summed E-state index contributed by atoms with van der Waals surface area (Å²) in [7, 11) is -1.35. The van der Waals surface area contributed by atoms with Gasteiger partial charge >= 0.3 is 5.69 Å². The lowest BCUT2D eigenvalue weighted by atomic mass is 10.2. The Hall–Kier alpha value is -2.24. The van der Waals surface area contributed by atoms with Crippen molar-refractivity contribution in [1.82, 2.24) is 28.3 Å². The van der Waals surface area contributed by atoms with Crippen molar-refractivity contribution in [3.8, 4) is 0 Å². The van der Waals surface area contributed by atoms with Gasteiger partial charge in [-0.1, -0.05) is 6.92 Å². The molecule has 142 valence electrons. The highest BCUT2D eigenvalue weighted by Crippen LogP contribution is 2.25. The number of nitrogens with zero attached hydrogens (tertiary/aromatic N) is 5. The van der Waals surface area contributed by atoms with Crippen molar-refractivity contribution in [2.45, 2.75) is 17.9 Å². The zero-order valence-electron chi connectivity index (χ0n) is 14.9. The first-order valence-electron chi connectivity index (χ1n) is 8.27. The van der Waals surface area contributed by atoms with Crippen LogP contribution in [0.2, 0.25) is 0 Å². The number of piperazine rings is 1. The molecule has 1 N–H and O–H groups in total. The van der Waals surface area contributed by atoms with E-state index in [1.807, 2.05) is 6.92 Å². The lowest BCUT2D eigenvalue weighted by Crippen LogP contribution is -2.52. The number of nitrogens with one attached hydrogen (secondary N) is 1. The van der Waals surface area contributed by atoms with Crippen molar-refractivity contribution < 1.29 is 8.42 Å². The molecule has 2 aromatic rings. The standard InChI is InChI=1S/C15H22N6O4S/c1-4-20-7-8-21(9-11(20)13-16-5-6-17-13)26(24,25)12-10-18(2)15(23)19(3)14(12)22/h5-6,10-11H,4,7-9H2,1-3H3,(H,16,17)/t11-/m0/s1. The fourth-order valence-corrected chi connectivity index (χ4v) is 4.79. The molecule has 1 aliphatic rings. The summed E-state index contributed by atoms with van der Waals surface area (Å²) < 4.78 is 29.4. The van der Waals surface area contributed by atoms with Gasteiger partial charge in [-0.2, -0.15) is 4.31 Å². The SMILES string of the molecule is CCN1CCN(S(=O)(=O)c2cn(C)c(=O)n(C)c2=O)C[C@H]1c1ncc[nH]1. The summed E-state index contributed by atoms with van der Waals surface area (Å²) in [4.78, 5) is 33.2. The van der Waals surface area contributed by atoms with Gasteiger partial charge in [0.25, 0.3) is 5.56 Å². The predicted molar refractivity (Wildman–Crippen MR) is 94.3 cm³/mol. The average Bonchev–Trinajstić information content (AvgIpc) is 3.16. The third kappa shape index (κ3) is 3.02. The summed E-state index contributed by atoms with van der Waals surface area (Å²) >= 11 is 0. The van der Waals surface area contributed by atoms with E-state index in [2.05, 4.69) is 14.9 Å². The van der Waals surface area contributed by atoms with E-state index < -0.39 is 26.2 Å². The molecule has 0 aliphatic carbocycles. The summed E-state index contributed by atoms with van der Waals surface area (Å²) in [5, 5.41) is 0. The molecule has 2 aromatic heterocycles. The van der Waals surface area contributed by atoms with Crippen LogP contribution < -0.4 is 11.2 Å². The van der Waals surface area contributed by atoms with Gasteiger partial charge in [0, 0.05) is 52.3 Å². The van der Waals surface area contributed by atoms with Crippen molar-refractivity contribution in [2.75, 3.05) is 26.2 Å². The fraction of sp³-hybridized carbons (Fsp3) is 0.533. The molecule has 10 nitrogen and oxygen atoms in total. The molecule has 0 aromatic carbocycles. The van der Waals surface area contributed by atoms with E-state index in [4.69, 9.17) is 0 Å². The van der Waals surface area contributed by atoms with Gasteiger partial charge in [-0.25, -0.2) is 18.2 Å². The third-order valence-corrected chi connectivity index (χ3v) is 6.58. The quantitative estimate of drug-likeness (QED) is 0.716. The normalized spacial score (nSPS) is 19.7. The summed E-state index contributed by atoms with van der Waals surface area (Å²) in [6.07, 6.45) is 4.41. The Bertz CT molecular complexity index is 1010. The number of rotatable bonds is 4. The summed E-state index contributed by atoms with van der Waals surface area (Å²) in [6, 6.07) is -0.227. The largest absolute Gasteiger partial charge is 0.347 e. The molecule has 3 heterocycles. The first kappa shape index (κ1) is 18.5. The van der Waals surface area contributed by atoms with E-state index in [0.717, 1.165) is 21.9 Å². The highest BCUT2D eigenvalue weighted by atomic mass is 32.2. The maximum Gasteiger partial charge on any atom is 0.330 e. The zero-order valence-corrected chi connectivity index (χ0v) is 15.7. The molecule has 1 aliphatic heterocycles. The number of aryl methyl sites for hydroxylation is 1. The maximum atomic E-state index is 13.1. The highest BCUT2D eigenvalue weighted by molar-refractivity contribution is 7.89. The number of imidazole rings is 1. The van der Waals surface area contributed by atoms with Crippen LogP contribution in [0.5, 0.6) is 0 Å². The number of aromatic nitrogens is 4. The second kappa shape index (κ2) is 6.82. The molecule has 3 rings (SSSR count). The summed E-state index contributed by atoms with van der Waals surface area (Å²) in [5.41, 5.74) is -1.39. The van der Waals surface area contributed by atoms with Crippen LogP contribution in [0.25, 0.3) is 0 Å². The van der Waals surface area contributed by atoms with Crippen molar-refractivity contribution in [2.24, 2.45) is 14.1 Å². The first-order chi connectivity index (χ1) is 12.3. The zero-order chi connectivity index (χ0) is 19.1. The highest BCUT2D eigenvalue weighted by Gasteiger charge is 2.37. The maximum absolute atomic E-state index is 13.1. The molecule has 0 bridgehead atoms. The van der Waals surface area contributed by atoms with E-state index in [0.29, 0.717) is 12.4 Å². The minimum atomic E-state index is -4.04. The minimum Gasteiger partial charge on any atom is -0.347 e. The number of aromatic amines is 1. The molecule has 0 unspecified atom stereocenters. The van der Waals surface area contributed by atoms with Crippen molar-refractivity contribution in [3.63, 3.8) is 0 Å². The number of sulfonamides is 1. The van der Waals surface area contributed by atoms with E-state index in [1.54, 1.807) is 12.4 Å². The minimum absolute atomic E-state index is 0.176. The van der Waals surface area contributed by atoms with Gasteiger partial charge in [0.05, 0.1) is 6.04 Å². The Morgan fingerprint density at radius 1 is 1.27 bits per heavy atom. The lowest BCUT2D eigenvalue weighted by molar-refractivity contribution is 0.119. The van der Waals surface area contributed by atoms with Crippen LogP contribution in [0.15, 0.2) is 33.1 Å². The summed E-state index contributed by atoms with van der Waals surface area (Å²) in [5.74, 6) is 0.681. The Balaban J connectivity index is 2.01. The van der Waals surface area contributed by atoms with Gasteiger partial charge in [-0.15, -0.1) is 0 Å². The second-order valence-electron chi connectivity index (χ2n) is 6.23. The van der Waals surface area contributed by atoms with E-state index >= 15 is 0 Å². The molecule has 0 radical (unpaired) electrons. The first-order valence-corrected chi connectivity index (χ1v) is 9.71. The Kier molecular flexibility index (Phi) is 4.86. The van der Waals surface area contributed by atoms with Crippen LogP contribution in [-0.4, -0.2) is 62.9 Å². The molecule has 0 saturated carbocycles. The molecule has 11 heteroatoms.